The first-order valence-corrected chi connectivity index (χ1v) is 13.7. The van der Waals surface area contributed by atoms with E-state index in [-0.39, 0.29) is 17.2 Å². The number of thiophene rings is 1. The summed E-state index contributed by atoms with van der Waals surface area (Å²) in [6, 6.07) is 14.6. The van der Waals surface area contributed by atoms with Crippen molar-refractivity contribution in [2.45, 2.75) is 53.4 Å². The summed E-state index contributed by atoms with van der Waals surface area (Å²) >= 11 is 1.25. The minimum Gasteiger partial charge on any atom is -0.465 e. The normalized spacial score (nSPS) is 17.2. The predicted molar refractivity (Wildman–Crippen MR) is 151 cm³/mol. The molecule has 0 bridgehead atoms. The number of methoxy groups -OCH3 is 1. The van der Waals surface area contributed by atoms with Crippen molar-refractivity contribution in [3.05, 3.63) is 64.5 Å². The summed E-state index contributed by atoms with van der Waals surface area (Å²) in [4.78, 5) is 33.9. The van der Waals surface area contributed by atoms with Crippen LogP contribution in [0.3, 0.4) is 0 Å². The van der Waals surface area contributed by atoms with Crippen molar-refractivity contribution in [1.29, 1.82) is 0 Å². The molecule has 0 N–H and O–H groups in total. The van der Waals surface area contributed by atoms with Gasteiger partial charge in [0, 0.05) is 29.3 Å². The number of carbonyl (C=O) groups is 2. The molecular formula is C31H34N2O4S. The van der Waals surface area contributed by atoms with Crippen LogP contribution in [0.4, 0.5) is 11.4 Å². The van der Waals surface area contributed by atoms with E-state index in [0.717, 1.165) is 25.7 Å². The quantitative estimate of drug-likeness (QED) is 0.242. The Labute approximate surface area is 229 Å². The van der Waals surface area contributed by atoms with Crippen molar-refractivity contribution >= 4 is 34.6 Å². The first-order valence-electron chi connectivity index (χ1n) is 12.9. The zero-order chi connectivity index (χ0) is 27.3. The van der Waals surface area contributed by atoms with Gasteiger partial charge in [-0.1, -0.05) is 24.8 Å². The van der Waals surface area contributed by atoms with E-state index in [1.54, 1.807) is 29.3 Å². The maximum Gasteiger partial charge on any atom is 0.350 e. The lowest BCUT2D eigenvalue weighted by atomic mass is 9.82. The Morgan fingerprint density at radius 2 is 1.76 bits per heavy atom. The lowest BCUT2D eigenvalue weighted by Crippen LogP contribution is -2.35. The number of anilines is 2. The summed E-state index contributed by atoms with van der Waals surface area (Å²) in [5.74, 6) is 7.48. The van der Waals surface area contributed by atoms with Gasteiger partial charge in [0.25, 0.3) is 0 Å². The largest absolute Gasteiger partial charge is 0.465 e. The Morgan fingerprint density at radius 1 is 1.05 bits per heavy atom. The summed E-state index contributed by atoms with van der Waals surface area (Å²) in [6.45, 7) is 8.33. The van der Waals surface area contributed by atoms with Gasteiger partial charge in [-0.3, -0.25) is 9.69 Å². The predicted octanol–water partition coefficient (Wildman–Crippen LogP) is 7.61. The molecule has 198 valence electrons. The fourth-order valence-electron chi connectivity index (χ4n) is 4.36. The molecule has 0 spiro atoms. The molecule has 1 aromatic carbocycles. The molecule has 7 heteroatoms. The standard InChI is InChI=1S/C31H34N2O4S/c1-21-9-11-22(12-10-21)29(34)33(23-13-15-24(16-14-23)37-27-8-6-7-19-32-27)26-20-25(17-18-31(2,3)4)38-28(26)30(35)36-5/h6-8,13-16,19-22H,9-12H2,1-5H3. The summed E-state index contributed by atoms with van der Waals surface area (Å²) in [6.07, 6.45) is 5.34. The number of nitrogens with zero attached hydrogens (tertiary/aromatic N) is 2. The van der Waals surface area contributed by atoms with Gasteiger partial charge in [-0.2, -0.15) is 0 Å². The van der Waals surface area contributed by atoms with Crippen LogP contribution in [0.2, 0.25) is 0 Å². The molecule has 0 atom stereocenters. The Morgan fingerprint density at radius 3 is 2.37 bits per heavy atom. The highest BCUT2D eigenvalue weighted by atomic mass is 32.1. The summed E-state index contributed by atoms with van der Waals surface area (Å²) in [5, 5.41) is 0. The molecule has 0 radical (unpaired) electrons. The number of ether oxygens (including phenoxy) is 2. The van der Waals surface area contributed by atoms with E-state index >= 15 is 0 Å². The highest BCUT2D eigenvalue weighted by molar-refractivity contribution is 7.15. The highest BCUT2D eigenvalue weighted by Crippen LogP contribution is 2.40. The summed E-state index contributed by atoms with van der Waals surface area (Å²) in [5.41, 5.74) is 0.954. The number of hydrogen-bond acceptors (Lipinski definition) is 6. The molecule has 2 heterocycles. The van der Waals surface area contributed by atoms with Gasteiger partial charge in [-0.15, -0.1) is 11.3 Å². The zero-order valence-corrected chi connectivity index (χ0v) is 23.4. The number of rotatable bonds is 6. The third kappa shape index (κ3) is 6.81. The summed E-state index contributed by atoms with van der Waals surface area (Å²) in [7, 11) is 1.35. The molecule has 2 aromatic heterocycles. The first-order chi connectivity index (χ1) is 18.1. The maximum absolute atomic E-state index is 14.1. The number of esters is 1. The van der Waals surface area contributed by atoms with Gasteiger partial charge in [0.15, 0.2) is 0 Å². The molecule has 0 aliphatic heterocycles. The van der Waals surface area contributed by atoms with Crippen LogP contribution in [0.1, 0.15) is 67.9 Å². The SMILES string of the molecule is COC(=O)c1sc(C#CC(C)(C)C)cc1N(C(=O)C1CCC(C)CC1)c1ccc(Oc2ccccn2)cc1. The molecule has 0 unspecified atom stereocenters. The first kappa shape index (κ1) is 27.4. The number of carbonyl (C=O) groups excluding carboxylic acids is 2. The maximum atomic E-state index is 14.1. The van der Waals surface area contributed by atoms with Crippen LogP contribution in [-0.4, -0.2) is 24.0 Å². The molecule has 1 fully saturated rings. The molecule has 1 aliphatic carbocycles. The van der Waals surface area contributed by atoms with Crippen molar-refractivity contribution in [2.75, 3.05) is 12.0 Å². The highest BCUT2D eigenvalue weighted by Gasteiger charge is 2.33. The molecule has 1 saturated carbocycles. The third-order valence-corrected chi connectivity index (χ3v) is 7.45. The van der Waals surface area contributed by atoms with Crippen LogP contribution >= 0.6 is 11.3 Å². The number of hydrogen-bond donors (Lipinski definition) is 0. The van der Waals surface area contributed by atoms with E-state index in [1.165, 1.54) is 18.4 Å². The lowest BCUT2D eigenvalue weighted by Gasteiger charge is -2.31. The molecule has 6 nitrogen and oxygen atoms in total. The fourth-order valence-corrected chi connectivity index (χ4v) is 5.28. The van der Waals surface area contributed by atoms with Crippen molar-refractivity contribution in [1.82, 2.24) is 4.98 Å². The fraction of sp³-hybridized carbons (Fsp3) is 0.387. The second-order valence-corrected chi connectivity index (χ2v) is 11.8. The molecule has 38 heavy (non-hydrogen) atoms. The van der Waals surface area contributed by atoms with Crippen LogP contribution < -0.4 is 9.64 Å². The summed E-state index contributed by atoms with van der Waals surface area (Å²) < 4.78 is 11.0. The van der Waals surface area contributed by atoms with E-state index in [2.05, 4.69) is 23.7 Å². The smallest absolute Gasteiger partial charge is 0.350 e. The van der Waals surface area contributed by atoms with Crippen LogP contribution in [0.15, 0.2) is 54.7 Å². The number of aromatic nitrogens is 1. The van der Waals surface area contributed by atoms with Gasteiger partial charge in [-0.25, -0.2) is 9.78 Å². The van der Waals surface area contributed by atoms with E-state index in [0.29, 0.717) is 38.7 Å². The van der Waals surface area contributed by atoms with Crippen molar-refractivity contribution in [3.8, 4) is 23.5 Å². The van der Waals surface area contributed by atoms with Crippen molar-refractivity contribution in [3.63, 3.8) is 0 Å². The third-order valence-electron chi connectivity index (χ3n) is 6.43. The van der Waals surface area contributed by atoms with E-state index in [9.17, 15) is 9.59 Å². The molecule has 3 aromatic rings. The monoisotopic (exact) mass is 530 g/mol. The number of amides is 1. The van der Waals surface area contributed by atoms with E-state index in [4.69, 9.17) is 9.47 Å². The zero-order valence-electron chi connectivity index (χ0n) is 22.6. The van der Waals surface area contributed by atoms with Crippen LogP contribution in [0, 0.1) is 29.1 Å². The molecule has 0 saturated heterocycles. The van der Waals surface area contributed by atoms with Gasteiger partial charge in [-0.05, 0) is 88.8 Å². The molecular weight excluding hydrogens is 496 g/mol. The Bertz CT molecular complexity index is 1320. The van der Waals surface area contributed by atoms with Crippen molar-refractivity contribution < 1.29 is 19.1 Å². The Kier molecular flexibility index (Phi) is 8.53. The van der Waals surface area contributed by atoms with Crippen LogP contribution in [0.5, 0.6) is 11.6 Å². The van der Waals surface area contributed by atoms with E-state index in [1.807, 2.05) is 51.1 Å². The van der Waals surface area contributed by atoms with Gasteiger partial charge in [0.05, 0.1) is 17.7 Å². The van der Waals surface area contributed by atoms with Gasteiger partial charge in [0.2, 0.25) is 11.8 Å². The average molecular weight is 531 g/mol. The van der Waals surface area contributed by atoms with Gasteiger partial charge < -0.3 is 9.47 Å². The van der Waals surface area contributed by atoms with E-state index < -0.39 is 5.97 Å². The topological polar surface area (TPSA) is 68.7 Å². The molecule has 1 aliphatic rings. The van der Waals surface area contributed by atoms with Crippen molar-refractivity contribution in [2.24, 2.45) is 17.3 Å². The number of pyridine rings is 1. The second-order valence-electron chi connectivity index (χ2n) is 10.7. The average Bonchev–Trinajstić information content (AvgIpc) is 3.32. The molecule has 4 rings (SSSR count). The minimum atomic E-state index is -0.487. The van der Waals surface area contributed by atoms with Gasteiger partial charge >= 0.3 is 5.97 Å². The lowest BCUT2D eigenvalue weighted by molar-refractivity contribution is -0.122. The van der Waals surface area contributed by atoms with Crippen LogP contribution in [0.25, 0.3) is 0 Å². The number of benzene rings is 1. The Hall–Kier alpha value is -3.63. The Balaban J connectivity index is 1.75. The minimum absolute atomic E-state index is 0.0198. The van der Waals surface area contributed by atoms with Gasteiger partial charge in [0.1, 0.15) is 10.6 Å². The molecule has 1 amide bonds. The second kappa shape index (κ2) is 11.8. The van der Waals surface area contributed by atoms with Crippen LogP contribution in [-0.2, 0) is 9.53 Å².